The summed E-state index contributed by atoms with van der Waals surface area (Å²) in [5.74, 6) is -0.149. The Morgan fingerprint density at radius 1 is 1.27 bits per heavy atom. The minimum absolute atomic E-state index is 0.144. The summed E-state index contributed by atoms with van der Waals surface area (Å²) in [5, 5.41) is 3.74. The topological polar surface area (TPSA) is 88.2 Å². The van der Waals surface area contributed by atoms with Crippen molar-refractivity contribution in [3.05, 3.63) is 23.2 Å². The van der Waals surface area contributed by atoms with Crippen molar-refractivity contribution >= 4 is 37.5 Å². The quantitative estimate of drug-likeness (QED) is 0.783. The summed E-state index contributed by atoms with van der Waals surface area (Å²) in [7, 11) is -3.82. The molecule has 1 amide bonds. The van der Waals surface area contributed by atoms with Crippen LogP contribution in [0.25, 0.3) is 10.2 Å². The van der Waals surface area contributed by atoms with Crippen molar-refractivity contribution in [1.82, 2.24) is 15.0 Å². The Kier molecular flexibility index (Phi) is 6.09. The van der Waals surface area contributed by atoms with Crippen LogP contribution >= 0.6 is 11.3 Å². The number of nitrogens with zero attached hydrogens (tertiary/aromatic N) is 1. The minimum Gasteiger partial charge on any atom is -0.350 e. The van der Waals surface area contributed by atoms with Crippen LogP contribution in [-0.2, 0) is 14.8 Å². The molecule has 144 valence electrons. The summed E-state index contributed by atoms with van der Waals surface area (Å²) >= 11 is 1.44. The number of sulfonamides is 1. The van der Waals surface area contributed by atoms with Crippen molar-refractivity contribution in [2.75, 3.05) is 0 Å². The number of hydrogen-bond acceptors (Lipinski definition) is 5. The van der Waals surface area contributed by atoms with Gasteiger partial charge in [-0.15, -0.1) is 11.3 Å². The molecule has 0 aliphatic carbocycles. The van der Waals surface area contributed by atoms with Gasteiger partial charge in [0.2, 0.25) is 15.9 Å². The van der Waals surface area contributed by atoms with E-state index in [2.05, 4.69) is 15.0 Å². The second-order valence-corrected chi connectivity index (χ2v) is 10.9. The number of thiazole rings is 1. The molecule has 0 aliphatic heterocycles. The van der Waals surface area contributed by atoms with Crippen molar-refractivity contribution < 1.29 is 13.2 Å². The molecule has 0 bridgehead atoms. The van der Waals surface area contributed by atoms with E-state index in [1.165, 1.54) is 17.4 Å². The summed E-state index contributed by atoms with van der Waals surface area (Å²) in [6, 6.07) is 4.01. The third-order valence-electron chi connectivity index (χ3n) is 3.60. The van der Waals surface area contributed by atoms with Crippen molar-refractivity contribution in [3.63, 3.8) is 0 Å². The highest BCUT2D eigenvalue weighted by Gasteiger charge is 2.29. The normalized spacial score (nSPS) is 14.0. The van der Waals surface area contributed by atoms with Gasteiger partial charge in [-0.1, -0.05) is 13.8 Å². The zero-order valence-corrected chi connectivity index (χ0v) is 17.7. The maximum atomic E-state index is 12.8. The minimum atomic E-state index is -3.82. The van der Waals surface area contributed by atoms with Crippen molar-refractivity contribution in [1.29, 1.82) is 0 Å². The molecule has 2 rings (SSSR count). The number of nitrogens with one attached hydrogen (secondary N) is 2. The molecule has 2 N–H and O–H groups in total. The van der Waals surface area contributed by atoms with Gasteiger partial charge in [-0.3, -0.25) is 4.79 Å². The number of benzene rings is 1. The van der Waals surface area contributed by atoms with Gasteiger partial charge in [-0.05, 0) is 58.2 Å². The lowest BCUT2D eigenvalue weighted by molar-refractivity contribution is -0.124. The van der Waals surface area contributed by atoms with Crippen LogP contribution in [0.5, 0.6) is 0 Å². The molecule has 2 aromatic rings. The number of carbonyl (C=O) groups excluding carboxylic acids is 1. The summed E-state index contributed by atoms with van der Waals surface area (Å²) < 4.78 is 29.1. The molecule has 0 fully saturated rings. The number of aryl methyl sites for hydroxylation is 1. The average molecular weight is 398 g/mol. The first-order valence-corrected chi connectivity index (χ1v) is 10.9. The second-order valence-electron chi connectivity index (χ2n) is 7.91. The van der Waals surface area contributed by atoms with E-state index in [9.17, 15) is 13.2 Å². The monoisotopic (exact) mass is 397 g/mol. The lowest BCUT2D eigenvalue weighted by atomic mass is 10.0. The fourth-order valence-electron chi connectivity index (χ4n) is 2.58. The maximum Gasteiger partial charge on any atom is 0.241 e. The van der Waals surface area contributed by atoms with Crippen molar-refractivity contribution in [2.45, 2.75) is 64.4 Å². The zero-order chi connectivity index (χ0) is 19.7. The smallest absolute Gasteiger partial charge is 0.241 e. The van der Waals surface area contributed by atoms with E-state index in [0.717, 1.165) is 15.2 Å². The Labute approximate surface area is 159 Å². The van der Waals surface area contributed by atoms with Crippen LogP contribution in [0.2, 0.25) is 0 Å². The Bertz CT molecular complexity index is 896. The molecule has 1 aromatic carbocycles. The third-order valence-corrected chi connectivity index (χ3v) is 6.00. The standard InChI is InChI=1S/C18H27N3O3S2/c1-11(2)9-15(17(22)20-18(4,5)6)21-26(23,24)13-7-8-14-16(10-13)25-12(3)19-14/h7-8,10-11,15,21H,9H2,1-6H3,(H,20,22). The summed E-state index contributed by atoms with van der Waals surface area (Å²) in [6.45, 7) is 11.4. The lowest BCUT2D eigenvalue weighted by Crippen LogP contribution is -2.52. The van der Waals surface area contributed by atoms with Crippen LogP contribution in [0, 0.1) is 12.8 Å². The van der Waals surface area contributed by atoms with Gasteiger partial charge in [0.05, 0.1) is 20.1 Å². The molecule has 0 spiro atoms. The molecular formula is C18H27N3O3S2. The highest BCUT2D eigenvalue weighted by atomic mass is 32.2. The van der Waals surface area contributed by atoms with Gasteiger partial charge in [-0.25, -0.2) is 13.4 Å². The number of carbonyl (C=O) groups is 1. The molecule has 0 radical (unpaired) electrons. The fourth-order valence-corrected chi connectivity index (χ4v) is 4.75. The lowest BCUT2D eigenvalue weighted by Gasteiger charge is -2.26. The van der Waals surface area contributed by atoms with Gasteiger partial charge in [-0.2, -0.15) is 4.72 Å². The Balaban J connectivity index is 2.29. The molecule has 8 heteroatoms. The van der Waals surface area contributed by atoms with Gasteiger partial charge >= 0.3 is 0 Å². The zero-order valence-electron chi connectivity index (χ0n) is 16.1. The molecule has 0 saturated heterocycles. The molecular weight excluding hydrogens is 370 g/mol. The Hall–Kier alpha value is -1.51. The van der Waals surface area contributed by atoms with E-state index in [-0.39, 0.29) is 16.7 Å². The van der Waals surface area contributed by atoms with E-state index in [1.54, 1.807) is 12.1 Å². The van der Waals surface area contributed by atoms with E-state index in [0.29, 0.717) is 6.42 Å². The van der Waals surface area contributed by atoms with Crippen LogP contribution < -0.4 is 10.0 Å². The molecule has 6 nitrogen and oxygen atoms in total. The molecule has 26 heavy (non-hydrogen) atoms. The third kappa shape index (κ3) is 5.49. The molecule has 1 atom stereocenters. The molecule has 1 unspecified atom stereocenters. The molecule has 0 saturated carbocycles. The van der Waals surface area contributed by atoms with Crippen molar-refractivity contribution in [3.8, 4) is 0 Å². The van der Waals surface area contributed by atoms with Crippen LogP contribution in [0.1, 0.15) is 46.0 Å². The SMILES string of the molecule is Cc1nc2ccc(S(=O)(=O)NC(CC(C)C)C(=O)NC(C)(C)C)cc2s1. The average Bonchev–Trinajstić information content (AvgIpc) is 2.83. The first-order valence-electron chi connectivity index (χ1n) is 8.59. The van der Waals surface area contributed by atoms with E-state index < -0.39 is 21.6 Å². The first-order chi connectivity index (χ1) is 11.9. The van der Waals surface area contributed by atoms with Gasteiger partial charge < -0.3 is 5.32 Å². The second kappa shape index (κ2) is 7.62. The molecule has 0 aliphatic rings. The van der Waals surface area contributed by atoms with Crippen LogP contribution in [-0.4, -0.2) is 30.9 Å². The maximum absolute atomic E-state index is 12.8. The van der Waals surface area contributed by atoms with E-state index in [4.69, 9.17) is 0 Å². The fraction of sp³-hybridized carbons (Fsp3) is 0.556. The highest BCUT2D eigenvalue weighted by Crippen LogP contribution is 2.25. The van der Waals surface area contributed by atoms with Crippen LogP contribution in [0.3, 0.4) is 0 Å². The molecule has 1 aromatic heterocycles. The van der Waals surface area contributed by atoms with Gasteiger partial charge in [0.1, 0.15) is 6.04 Å². The summed E-state index contributed by atoms with van der Waals surface area (Å²) in [5.41, 5.74) is 0.340. The highest BCUT2D eigenvalue weighted by molar-refractivity contribution is 7.89. The largest absolute Gasteiger partial charge is 0.350 e. The number of hydrogen-bond donors (Lipinski definition) is 2. The van der Waals surface area contributed by atoms with E-state index >= 15 is 0 Å². The number of aromatic nitrogens is 1. The summed E-state index contributed by atoms with van der Waals surface area (Å²) in [6.07, 6.45) is 0.420. The van der Waals surface area contributed by atoms with Crippen LogP contribution in [0.4, 0.5) is 0 Å². The molecule has 1 heterocycles. The Morgan fingerprint density at radius 2 is 1.92 bits per heavy atom. The number of fused-ring (bicyclic) bond motifs is 1. The van der Waals surface area contributed by atoms with Gasteiger partial charge in [0.15, 0.2) is 0 Å². The van der Waals surface area contributed by atoms with Gasteiger partial charge in [0, 0.05) is 5.54 Å². The first kappa shape index (κ1) is 20.8. The summed E-state index contributed by atoms with van der Waals surface area (Å²) in [4.78, 5) is 17.1. The predicted molar refractivity (Wildman–Crippen MR) is 106 cm³/mol. The number of rotatable bonds is 6. The van der Waals surface area contributed by atoms with Gasteiger partial charge in [0.25, 0.3) is 0 Å². The van der Waals surface area contributed by atoms with Crippen LogP contribution in [0.15, 0.2) is 23.1 Å². The van der Waals surface area contributed by atoms with Crippen molar-refractivity contribution in [2.24, 2.45) is 5.92 Å². The van der Waals surface area contributed by atoms with E-state index in [1.807, 2.05) is 41.5 Å². The Morgan fingerprint density at radius 3 is 2.50 bits per heavy atom. The number of amides is 1. The predicted octanol–water partition coefficient (Wildman–Crippen LogP) is 3.21.